The molecule has 2 aliphatic heterocycles. The fourth-order valence-electron chi connectivity index (χ4n) is 6.61. The molecule has 0 unspecified atom stereocenters. The van der Waals surface area contributed by atoms with E-state index >= 15 is 0 Å². The van der Waals surface area contributed by atoms with Crippen LogP contribution in [0.15, 0.2) is 29.3 Å². The summed E-state index contributed by atoms with van der Waals surface area (Å²) < 4.78 is 1.74. The normalized spacial score (nSPS) is 19.6. The summed E-state index contributed by atoms with van der Waals surface area (Å²) in [6.07, 6.45) is 9.95. The van der Waals surface area contributed by atoms with Crippen molar-refractivity contribution >= 4 is 34.3 Å². The highest BCUT2D eigenvalue weighted by Crippen LogP contribution is 2.32. The number of hydrogen-bond acceptors (Lipinski definition) is 9. The first-order valence-corrected chi connectivity index (χ1v) is 14.3. The summed E-state index contributed by atoms with van der Waals surface area (Å²) in [5.74, 6) is 0.826. The quantitative estimate of drug-likeness (QED) is 0.463. The number of nitrogens with one attached hydrogen (secondary N) is 2. The molecule has 3 fully saturated rings. The Kier molecular flexibility index (Phi) is 7.31. The van der Waals surface area contributed by atoms with Crippen molar-refractivity contribution < 1.29 is 4.79 Å². The summed E-state index contributed by atoms with van der Waals surface area (Å²) >= 11 is 0. The minimum Gasteiger partial charge on any atom is -0.370 e. The Labute approximate surface area is 228 Å². The van der Waals surface area contributed by atoms with Crippen molar-refractivity contribution in [1.29, 1.82) is 0 Å². The summed E-state index contributed by atoms with van der Waals surface area (Å²) in [4.78, 5) is 44.8. The first-order valence-electron chi connectivity index (χ1n) is 14.3. The van der Waals surface area contributed by atoms with Crippen molar-refractivity contribution in [3.8, 4) is 0 Å². The Bertz CT molecular complexity index is 1400. The van der Waals surface area contributed by atoms with Gasteiger partial charge < -0.3 is 15.5 Å². The Morgan fingerprint density at radius 1 is 0.974 bits per heavy atom. The molecule has 10 heteroatoms. The number of fused-ring (bicyclic) bond motifs is 1. The van der Waals surface area contributed by atoms with E-state index in [0.29, 0.717) is 29.0 Å². The van der Waals surface area contributed by atoms with Gasteiger partial charge in [-0.1, -0.05) is 12.8 Å². The van der Waals surface area contributed by atoms with Gasteiger partial charge in [0.05, 0.1) is 17.4 Å². The number of piperazine rings is 1. The summed E-state index contributed by atoms with van der Waals surface area (Å²) in [6, 6.07) is 4.78. The van der Waals surface area contributed by atoms with E-state index in [9.17, 15) is 9.59 Å². The number of ketones is 1. The number of aromatic nitrogens is 4. The molecular formula is C29H38N8O2. The molecule has 0 amide bonds. The highest BCUT2D eigenvalue weighted by atomic mass is 16.1. The zero-order valence-electron chi connectivity index (χ0n) is 22.9. The van der Waals surface area contributed by atoms with Crippen LogP contribution in [-0.4, -0.2) is 75.5 Å². The SMILES string of the molecule is CC(=O)c1c(C)c2cnc(Nc3ccc(N4CCC(N5CCNCC5)CC4)cn3)nc2n(C2CCCC2)c1=O. The lowest BCUT2D eigenvalue weighted by atomic mass is 10.0. The molecule has 0 spiro atoms. The van der Waals surface area contributed by atoms with Crippen LogP contribution in [0.25, 0.3) is 11.0 Å². The van der Waals surface area contributed by atoms with Gasteiger partial charge in [0.25, 0.3) is 5.56 Å². The van der Waals surface area contributed by atoms with Crippen molar-refractivity contribution in [3.05, 3.63) is 46.0 Å². The molecule has 6 rings (SSSR count). The topological polar surface area (TPSA) is 108 Å². The molecule has 0 atom stereocenters. The van der Waals surface area contributed by atoms with Crippen molar-refractivity contribution in [2.24, 2.45) is 0 Å². The minimum atomic E-state index is -0.243. The highest BCUT2D eigenvalue weighted by molar-refractivity contribution is 5.99. The predicted octanol–water partition coefficient (Wildman–Crippen LogP) is 3.43. The number of nitrogens with zero attached hydrogens (tertiary/aromatic N) is 6. The van der Waals surface area contributed by atoms with Crippen LogP contribution in [0.1, 0.15) is 67.4 Å². The lowest BCUT2D eigenvalue weighted by molar-refractivity contribution is 0.101. The third-order valence-corrected chi connectivity index (χ3v) is 8.74. The average molecular weight is 531 g/mol. The zero-order chi connectivity index (χ0) is 26.9. The molecule has 39 heavy (non-hydrogen) atoms. The fourth-order valence-corrected chi connectivity index (χ4v) is 6.61. The number of piperidine rings is 1. The molecule has 3 aromatic heterocycles. The predicted molar refractivity (Wildman–Crippen MR) is 153 cm³/mol. The number of rotatable bonds is 6. The number of aryl methyl sites for hydroxylation is 1. The van der Waals surface area contributed by atoms with Crippen LogP contribution in [0.2, 0.25) is 0 Å². The number of Topliss-reactive ketones (excluding diaryl/α,β-unsaturated/α-hetero) is 1. The van der Waals surface area contributed by atoms with Gasteiger partial charge in [0.2, 0.25) is 5.95 Å². The van der Waals surface area contributed by atoms with E-state index in [0.717, 1.165) is 76.0 Å². The second kappa shape index (κ2) is 11.0. The van der Waals surface area contributed by atoms with E-state index < -0.39 is 0 Å². The van der Waals surface area contributed by atoms with E-state index in [1.54, 1.807) is 10.8 Å². The molecule has 0 radical (unpaired) electrons. The van der Waals surface area contributed by atoms with Crippen LogP contribution in [-0.2, 0) is 0 Å². The lowest BCUT2D eigenvalue weighted by Crippen LogP contribution is -2.52. The van der Waals surface area contributed by atoms with Crippen LogP contribution in [0.4, 0.5) is 17.5 Å². The maximum atomic E-state index is 13.4. The van der Waals surface area contributed by atoms with Crippen LogP contribution in [0, 0.1) is 6.92 Å². The Hall–Kier alpha value is -3.37. The Morgan fingerprint density at radius 3 is 2.38 bits per heavy atom. The van der Waals surface area contributed by atoms with Gasteiger partial charge in [0.15, 0.2) is 5.78 Å². The summed E-state index contributed by atoms with van der Waals surface area (Å²) in [6.45, 7) is 9.83. The third kappa shape index (κ3) is 5.15. The molecule has 0 bridgehead atoms. The first-order chi connectivity index (χ1) is 19.0. The summed E-state index contributed by atoms with van der Waals surface area (Å²) in [5.41, 5.74) is 2.35. The second-order valence-electron chi connectivity index (χ2n) is 11.1. The third-order valence-electron chi connectivity index (χ3n) is 8.74. The summed E-state index contributed by atoms with van der Waals surface area (Å²) in [5, 5.41) is 7.41. The van der Waals surface area contributed by atoms with E-state index in [1.165, 1.54) is 19.8 Å². The van der Waals surface area contributed by atoms with Crippen molar-refractivity contribution in [2.75, 3.05) is 49.5 Å². The van der Waals surface area contributed by atoms with E-state index in [1.807, 2.05) is 19.2 Å². The van der Waals surface area contributed by atoms with Gasteiger partial charge in [-0.2, -0.15) is 4.98 Å². The highest BCUT2D eigenvalue weighted by Gasteiger charge is 2.27. The number of carbonyl (C=O) groups excluding carboxylic acids is 1. The largest absolute Gasteiger partial charge is 0.370 e. The van der Waals surface area contributed by atoms with Gasteiger partial charge in [-0.05, 0) is 57.2 Å². The minimum absolute atomic E-state index is 0.0505. The number of carbonyl (C=O) groups is 1. The van der Waals surface area contributed by atoms with Gasteiger partial charge in [-0.3, -0.25) is 19.1 Å². The molecule has 10 nitrogen and oxygen atoms in total. The number of hydrogen-bond donors (Lipinski definition) is 2. The Balaban J connectivity index is 1.20. The van der Waals surface area contributed by atoms with E-state index in [2.05, 4.69) is 36.5 Å². The van der Waals surface area contributed by atoms with Gasteiger partial charge in [-0.25, -0.2) is 9.97 Å². The number of anilines is 3. The zero-order valence-corrected chi connectivity index (χ0v) is 22.9. The van der Waals surface area contributed by atoms with E-state index in [-0.39, 0.29) is 22.9 Å². The lowest BCUT2D eigenvalue weighted by Gasteiger charge is -2.41. The second-order valence-corrected chi connectivity index (χ2v) is 11.1. The van der Waals surface area contributed by atoms with Gasteiger partial charge >= 0.3 is 0 Å². The fraction of sp³-hybridized carbons (Fsp3) is 0.552. The van der Waals surface area contributed by atoms with Crippen LogP contribution in [0.5, 0.6) is 0 Å². The van der Waals surface area contributed by atoms with Gasteiger partial charge in [0, 0.05) is 62.9 Å². The molecule has 5 heterocycles. The molecular weight excluding hydrogens is 492 g/mol. The molecule has 3 aliphatic rings. The van der Waals surface area contributed by atoms with Crippen molar-refractivity contribution in [2.45, 2.75) is 64.5 Å². The standard InChI is InChI=1S/C29H38N8O2/c1-19-24-18-32-29(34-27(24)37(22-5-3-4-6-22)28(39)26(19)20(2)38)33-25-8-7-23(17-31-25)35-13-9-21(10-14-35)36-15-11-30-12-16-36/h7-8,17-18,21-22,30H,3-6,9-16H2,1-2H3,(H,31,32,33,34). The molecule has 3 aromatic rings. The average Bonchev–Trinajstić information content (AvgIpc) is 3.48. The maximum absolute atomic E-state index is 13.4. The van der Waals surface area contributed by atoms with Crippen molar-refractivity contribution in [3.63, 3.8) is 0 Å². The molecule has 2 saturated heterocycles. The monoisotopic (exact) mass is 530 g/mol. The molecule has 1 saturated carbocycles. The van der Waals surface area contributed by atoms with Crippen molar-refractivity contribution in [1.82, 2.24) is 29.7 Å². The van der Waals surface area contributed by atoms with Crippen LogP contribution < -0.4 is 21.1 Å². The van der Waals surface area contributed by atoms with E-state index in [4.69, 9.17) is 4.98 Å². The maximum Gasteiger partial charge on any atom is 0.263 e. The van der Waals surface area contributed by atoms with Crippen LogP contribution in [0.3, 0.4) is 0 Å². The molecule has 206 valence electrons. The van der Waals surface area contributed by atoms with Gasteiger partial charge in [-0.15, -0.1) is 0 Å². The molecule has 0 aromatic carbocycles. The van der Waals surface area contributed by atoms with Gasteiger partial charge in [0.1, 0.15) is 11.5 Å². The smallest absolute Gasteiger partial charge is 0.263 e. The Morgan fingerprint density at radius 2 is 1.72 bits per heavy atom. The van der Waals surface area contributed by atoms with Crippen LogP contribution >= 0.6 is 0 Å². The number of pyridine rings is 2. The summed E-state index contributed by atoms with van der Waals surface area (Å²) in [7, 11) is 0. The first kappa shape index (κ1) is 25.9. The molecule has 2 N–H and O–H groups in total. The molecule has 1 aliphatic carbocycles.